The van der Waals surface area contributed by atoms with Crippen LogP contribution in [0.5, 0.6) is 0 Å². The molecule has 0 bridgehead atoms. The fraction of sp³-hybridized carbons (Fsp3) is 0.524. The molecule has 3 heteroatoms. The average molecular weight is 449 g/mol. The first kappa shape index (κ1) is 32.1. The normalized spacial score (nSPS) is 17.2. The van der Waals surface area contributed by atoms with Crippen LogP contribution in [0.25, 0.3) is 0 Å². The van der Waals surface area contributed by atoms with Crippen LogP contribution in [0, 0.1) is 26.0 Å². The second kappa shape index (κ2) is 19.7. The van der Waals surface area contributed by atoms with E-state index in [1.807, 2.05) is 0 Å². The molecule has 0 amide bonds. The van der Waals surface area contributed by atoms with Gasteiger partial charge in [0.05, 0.1) is 0 Å². The third-order valence-electron chi connectivity index (χ3n) is 4.05. The molecule has 0 nitrogen and oxygen atoms in total. The summed E-state index contributed by atoms with van der Waals surface area (Å²) in [6, 6.07) is 0. The number of hydrogen-bond donors (Lipinski definition) is 0. The molecule has 0 heterocycles. The van der Waals surface area contributed by atoms with Gasteiger partial charge in [-0.15, -0.1) is 51.5 Å². The van der Waals surface area contributed by atoms with Crippen molar-refractivity contribution >= 4 is 24.8 Å². The van der Waals surface area contributed by atoms with Crippen molar-refractivity contribution in [2.24, 2.45) is 0 Å². The molecule has 0 aromatic carbocycles. The van der Waals surface area contributed by atoms with E-state index in [1.54, 1.807) is 0 Å². The van der Waals surface area contributed by atoms with Crippen LogP contribution in [0.3, 0.4) is 0 Å². The molecule has 3 rings (SSSR count). The molecular weight excluding hydrogens is 414 g/mol. The third kappa shape index (κ3) is 14.7. The summed E-state index contributed by atoms with van der Waals surface area (Å²) in [5.74, 6) is 0. The van der Waals surface area contributed by atoms with Crippen molar-refractivity contribution in [3.63, 3.8) is 0 Å². The zero-order valence-corrected chi connectivity index (χ0v) is 20.1. The topological polar surface area (TPSA) is 0 Å². The quantitative estimate of drug-likeness (QED) is 0.334. The summed E-state index contributed by atoms with van der Waals surface area (Å²) in [6.45, 7) is 8.43. The zero-order chi connectivity index (χ0) is 14.8. The molecule has 3 aliphatic carbocycles. The summed E-state index contributed by atoms with van der Waals surface area (Å²) in [6.07, 6.45) is 22.3. The van der Waals surface area contributed by atoms with Gasteiger partial charge in [0.1, 0.15) is 0 Å². The van der Waals surface area contributed by atoms with Crippen molar-refractivity contribution in [3.8, 4) is 0 Å². The largest absolute Gasteiger partial charge is 4.00 e. The Morgan fingerprint density at radius 2 is 1.12 bits per heavy atom. The molecule has 0 radical (unpaired) electrons. The first-order chi connectivity index (χ1) is 9.61. The van der Waals surface area contributed by atoms with Crippen molar-refractivity contribution < 1.29 is 26.2 Å². The fourth-order valence-electron chi connectivity index (χ4n) is 2.20. The number of rotatable bonds is 0. The van der Waals surface area contributed by atoms with E-state index in [0.717, 1.165) is 12.8 Å². The Kier molecular flexibility index (Phi) is 26.4. The molecule has 0 aromatic heterocycles. The molecule has 3 aliphatic rings. The maximum absolute atomic E-state index is 3.19. The van der Waals surface area contributed by atoms with Gasteiger partial charge >= 0.3 is 26.2 Å². The molecule has 0 saturated heterocycles. The van der Waals surface area contributed by atoms with Crippen LogP contribution >= 0.6 is 24.8 Å². The van der Waals surface area contributed by atoms with Crippen molar-refractivity contribution in [3.05, 3.63) is 60.4 Å². The first-order valence-corrected chi connectivity index (χ1v) is 7.92. The van der Waals surface area contributed by atoms with E-state index in [2.05, 4.69) is 58.4 Å². The monoisotopic (exact) mass is 446 g/mol. The van der Waals surface area contributed by atoms with Gasteiger partial charge in [0.25, 0.3) is 0 Å². The van der Waals surface area contributed by atoms with E-state index in [-0.39, 0.29) is 58.4 Å². The molecule has 0 N–H and O–H groups in total. The van der Waals surface area contributed by atoms with Crippen LogP contribution in [0.4, 0.5) is 0 Å². The van der Waals surface area contributed by atoms with Crippen LogP contribution in [0.15, 0.2) is 34.4 Å². The number of halogens is 2. The molecule has 24 heavy (non-hydrogen) atoms. The van der Waals surface area contributed by atoms with Crippen LogP contribution in [-0.2, 0) is 26.2 Å². The van der Waals surface area contributed by atoms with E-state index >= 15 is 0 Å². The van der Waals surface area contributed by atoms with Crippen molar-refractivity contribution in [2.45, 2.75) is 72.6 Å². The Hall–Kier alpha value is 0.423. The zero-order valence-electron chi connectivity index (χ0n) is 16.0. The molecule has 0 aliphatic heterocycles. The number of hydrogen-bond acceptors (Lipinski definition) is 0. The summed E-state index contributed by atoms with van der Waals surface area (Å²) >= 11 is 0. The smallest absolute Gasteiger partial charge is 0.358 e. The SMILES string of the molecule is CC1=[C-]CC=C1C.CC1=[C-]CC=C1C.Cl.Cl.[CH-]1CCCCC1.[CH3-].[Zr+4]. The molecule has 0 spiro atoms. The molecule has 136 valence electrons. The van der Waals surface area contributed by atoms with Gasteiger partial charge in [-0.1, -0.05) is 33.1 Å². The minimum absolute atomic E-state index is 0. The van der Waals surface area contributed by atoms with Gasteiger partial charge in [-0.05, 0) is 0 Å². The Morgan fingerprint density at radius 3 is 1.21 bits per heavy atom. The third-order valence-corrected chi connectivity index (χ3v) is 4.05. The maximum atomic E-state index is 3.19. The van der Waals surface area contributed by atoms with Crippen molar-refractivity contribution in [2.75, 3.05) is 0 Å². The minimum atomic E-state index is 0. The predicted octanol–water partition coefficient (Wildman–Crippen LogP) is 7.62. The Morgan fingerprint density at radius 1 is 0.750 bits per heavy atom. The Balaban J connectivity index is -0.000000116. The first-order valence-electron chi connectivity index (χ1n) is 7.92. The molecule has 0 atom stereocenters. The van der Waals surface area contributed by atoms with E-state index in [9.17, 15) is 0 Å². The van der Waals surface area contributed by atoms with E-state index in [0.29, 0.717) is 0 Å². The second-order valence-electron chi connectivity index (χ2n) is 5.71. The van der Waals surface area contributed by atoms with Gasteiger partial charge in [-0.25, -0.2) is 22.3 Å². The van der Waals surface area contributed by atoms with Crippen LogP contribution < -0.4 is 0 Å². The van der Waals surface area contributed by atoms with Gasteiger partial charge < -0.3 is 13.8 Å². The van der Waals surface area contributed by atoms with Gasteiger partial charge in [0, 0.05) is 0 Å². The van der Waals surface area contributed by atoms with E-state index in [1.165, 1.54) is 54.4 Å². The second-order valence-corrected chi connectivity index (χ2v) is 5.71. The van der Waals surface area contributed by atoms with Crippen molar-refractivity contribution in [1.82, 2.24) is 0 Å². The number of allylic oxidation sites excluding steroid dienone is 8. The molecule has 0 aromatic rings. The van der Waals surface area contributed by atoms with Crippen LogP contribution in [-0.4, -0.2) is 0 Å². The van der Waals surface area contributed by atoms with E-state index in [4.69, 9.17) is 0 Å². The summed E-state index contributed by atoms with van der Waals surface area (Å²) < 4.78 is 0. The molecule has 1 fully saturated rings. The van der Waals surface area contributed by atoms with E-state index < -0.39 is 0 Å². The summed E-state index contributed by atoms with van der Waals surface area (Å²) in [7, 11) is 0. The Bertz CT molecular complexity index is 336. The minimum Gasteiger partial charge on any atom is -0.358 e. The van der Waals surface area contributed by atoms with Crippen molar-refractivity contribution in [1.29, 1.82) is 0 Å². The van der Waals surface area contributed by atoms with Gasteiger partial charge in [0.2, 0.25) is 0 Å². The summed E-state index contributed by atoms with van der Waals surface area (Å²) in [4.78, 5) is 0. The van der Waals surface area contributed by atoms with Gasteiger partial charge in [-0.3, -0.25) is 12.2 Å². The van der Waals surface area contributed by atoms with Crippen LogP contribution in [0.2, 0.25) is 0 Å². The van der Waals surface area contributed by atoms with Gasteiger partial charge in [0.15, 0.2) is 0 Å². The Labute approximate surface area is 183 Å². The van der Waals surface area contributed by atoms with Crippen LogP contribution in [0.1, 0.15) is 72.6 Å². The predicted molar refractivity (Wildman–Crippen MR) is 110 cm³/mol. The standard InChI is InChI=1S/2C7H9.C6H11.CH3.2ClH.Zr/c2*1-6-4-3-5-7(6)2;1-2-4-6-5-3-1;;;;/h2*4H,3H2,1-2H3;1H,2-6H2;1H3;2*1H;/q4*-1;;;+4. The van der Waals surface area contributed by atoms with Gasteiger partial charge in [-0.2, -0.15) is 25.0 Å². The maximum Gasteiger partial charge on any atom is 4.00 e. The average Bonchev–Trinajstić information content (AvgIpc) is 3.03. The summed E-state index contributed by atoms with van der Waals surface area (Å²) in [5.41, 5.74) is 5.42. The fourth-order valence-corrected chi connectivity index (χ4v) is 2.20. The molecule has 1 saturated carbocycles. The summed E-state index contributed by atoms with van der Waals surface area (Å²) in [5, 5.41) is 0. The molecule has 0 unspecified atom stereocenters. The molecular formula is C21H34Cl2Zr.